The Hall–Kier alpha value is -3.87. The first kappa shape index (κ1) is 19.9. The van der Waals surface area contributed by atoms with E-state index in [4.69, 9.17) is 10.1 Å². The molecule has 0 bridgehead atoms. The van der Waals surface area contributed by atoms with Crippen LogP contribution >= 0.6 is 0 Å². The quantitative estimate of drug-likeness (QED) is 0.373. The van der Waals surface area contributed by atoms with Crippen molar-refractivity contribution in [3.8, 4) is 11.3 Å². The van der Waals surface area contributed by atoms with Crippen LogP contribution < -0.4 is 5.32 Å². The lowest BCUT2D eigenvalue weighted by Gasteiger charge is -2.15. The van der Waals surface area contributed by atoms with E-state index in [1.165, 1.54) is 14.0 Å². The molecule has 1 aromatic carbocycles. The molecule has 2 N–H and O–H groups in total. The van der Waals surface area contributed by atoms with Gasteiger partial charge in [-0.25, -0.2) is 14.8 Å². The van der Waals surface area contributed by atoms with Gasteiger partial charge in [-0.15, -0.1) is 0 Å². The van der Waals surface area contributed by atoms with Crippen LogP contribution in [0.5, 0.6) is 0 Å². The highest BCUT2D eigenvalue weighted by atomic mass is 16.5. The molecule has 0 radical (unpaired) electrons. The van der Waals surface area contributed by atoms with E-state index in [0.717, 1.165) is 11.9 Å². The van der Waals surface area contributed by atoms with Gasteiger partial charge in [-0.2, -0.15) is 0 Å². The summed E-state index contributed by atoms with van der Waals surface area (Å²) in [4.78, 5) is 32.9. The summed E-state index contributed by atoms with van der Waals surface area (Å²) in [7, 11) is 1.28. The lowest BCUT2D eigenvalue weighted by Crippen LogP contribution is -2.09. The molecule has 0 saturated heterocycles. The number of Topliss-reactive ketones (excluding diaryl/α,β-unsaturated/α-hetero) is 1. The molecule has 2 aromatic heterocycles. The van der Waals surface area contributed by atoms with E-state index in [1.54, 1.807) is 36.4 Å². The van der Waals surface area contributed by atoms with Crippen molar-refractivity contribution >= 4 is 29.5 Å². The second kappa shape index (κ2) is 8.43. The monoisotopic (exact) mass is 388 g/mol. The number of carbonyl (C=O) groups is 2. The van der Waals surface area contributed by atoms with Gasteiger partial charge in [0.25, 0.3) is 0 Å². The topological polar surface area (TPSA) is 105 Å². The summed E-state index contributed by atoms with van der Waals surface area (Å²) < 4.78 is 4.90. The minimum Gasteiger partial charge on any atom is -0.465 e. The maximum Gasteiger partial charge on any atom is 0.338 e. The number of anilines is 2. The fourth-order valence-electron chi connectivity index (χ4n) is 2.88. The zero-order valence-corrected chi connectivity index (χ0v) is 16.3. The van der Waals surface area contributed by atoms with Crippen molar-refractivity contribution in [2.24, 2.45) is 0 Å². The summed E-state index contributed by atoms with van der Waals surface area (Å²) in [5.74, 6) is -0.154. The Morgan fingerprint density at radius 1 is 1.10 bits per heavy atom. The van der Waals surface area contributed by atoms with Gasteiger partial charge in [0.2, 0.25) is 0 Å². The number of methoxy groups -OCH3 is 1. The Balaban J connectivity index is 2.19. The third-order valence-corrected chi connectivity index (χ3v) is 4.29. The molecule has 0 aliphatic heterocycles. The first-order valence-corrected chi connectivity index (χ1v) is 8.89. The van der Waals surface area contributed by atoms with E-state index in [2.05, 4.69) is 15.3 Å². The molecule has 146 valence electrons. The Morgan fingerprint density at radius 3 is 2.52 bits per heavy atom. The molecule has 0 fully saturated rings. The third kappa shape index (κ3) is 4.35. The molecule has 2 heterocycles. The molecule has 0 spiro atoms. The maximum atomic E-state index is 12.4. The van der Waals surface area contributed by atoms with Crippen LogP contribution in [0.15, 0.2) is 48.5 Å². The predicted molar refractivity (Wildman–Crippen MR) is 111 cm³/mol. The van der Waals surface area contributed by atoms with E-state index in [9.17, 15) is 9.59 Å². The Kier molecular flexibility index (Phi) is 5.78. The van der Waals surface area contributed by atoms with Crippen molar-refractivity contribution in [3.63, 3.8) is 0 Å². The highest BCUT2D eigenvalue weighted by molar-refractivity contribution is 6.04. The average Bonchev–Trinajstić information content (AvgIpc) is 2.72. The number of nitrogens with one attached hydrogen (secondary N) is 2. The fourth-order valence-corrected chi connectivity index (χ4v) is 2.88. The average molecular weight is 388 g/mol. The molecule has 7 heteroatoms. The molecule has 0 unspecified atom stereocenters. The molecular formula is C22H20N4O3. The number of carbonyl (C=O) groups excluding carboxylic acids is 2. The molecule has 0 aliphatic rings. The first-order chi connectivity index (χ1) is 13.9. The lowest BCUT2D eigenvalue weighted by atomic mass is 9.99. The summed E-state index contributed by atoms with van der Waals surface area (Å²) in [6, 6.07) is 14.0. The van der Waals surface area contributed by atoms with Crippen LogP contribution in [0.1, 0.15) is 39.0 Å². The van der Waals surface area contributed by atoms with Crippen LogP contribution in [0.4, 0.5) is 11.5 Å². The Bertz CT molecular complexity index is 1110. The maximum absolute atomic E-state index is 12.4. The van der Waals surface area contributed by atoms with E-state index in [0.29, 0.717) is 34.0 Å². The van der Waals surface area contributed by atoms with Gasteiger partial charge < -0.3 is 15.5 Å². The molecule has 0 aliphatic carbocycles. The van der Waals surface area contributed by atoms with E-state index >= 15 is 0 Å². The highest BCUT2D eigenvalue weighted by Gasteiger charge is 2.18. The van der Waals surface area contributed by atoms with Crippen molar-refractivity contribution in [2.75, 3.05) is 12.4 Å². The van der Waals surface area contributed by atoms with Gasteiger partial charge in [0.1, 0.15) is 11.5 Å². The highest BCUT2D eigenvalue weighted by Crippen LogP contribution is 2.30. The van der Waals surface area contributed by atoms with Gasteiger partial charge in [0.05, 0.1) is 18.4 Å². The van der Waals surface area contributed by atoms with Gasteiger partial charge in [-0.05, 0) is 43.3 Å². The van der Waals surface area contributed by atoms with Gasteiger partial charge in [-0.3, -0.25) is 4.79 Å². The van der Waals surface area contributed by atoms with Crippen LogP contribution in [-0.4, -0.2) is 35.0 Å². The van der Waals surface area contributed by atoms with Crippen molar-refractivity contribution in [3.05, 3.63) is 71.0 Å². The molecule has 0 amide bonds. The van der Waals surface area contributed by atoms with Crippen LogP contribution in [0, 0.1) is 12.3 Å². The second-order valence-electron chi connectivity index (χ2n) is 6.37. The fraction of sp³-hybridized carbons (Fsp3) is 0.136. The van der Waals surface area contributed by atoms with E-state index in [-0.39, 0.29) is 11.3 Å². The van der Waals surface area contributed by atoms with E-state index < -0.39 is 5.97 Å². The second-order valence-corrected chi connectivity index (χ2v) is 6.37. The first-order valence-electron chi connectivity index (χ1n) is 8.89. The van der Waals surface area contributed by atoms with Gasteiger partial charge >= 0.3 is 5.97 Å². The molecule has 3 rings (SSSR count). The van der Waals surface area contributed by atoms with E-state index in [1.807, 2.05) is 19.1 Å². The van der Waals surface area contributed by atoms with Crippen molar-refractivity contribution < 1.29 is 14.3 Å². The zero-order chi connectivity index (χ0) is 21.0. The van der Waals surface area contributed by atoms with Gasteiger partial charge in [0, 0.05) is 35.6 Å². The molecule has 0 saturated carbocycles. The molecular weight excluding hydrogens is 368 g/mol. The summed E-state index contributed by atoms with van der Waals surface area (Å²) in [5.41, 5.74) is 3.37. The number of aromatic nitrogens is 2. The number of rotatable bonds is 6. The third-order valence-electron chi connectivity index (χ3n) is 4.29. The predicted octanol–water partition coefficient (Wildman–Crippen LogP) is 4.18. The Morgan fingerprint density at radius 2 is 1.86 bits per heavy atom. The molecule has 7 nitrogen and oxygen atoms in total. The van der Waals surface area contributed by atoms with Crippen molar-refractivity contribution in [2.45, 2.75) is 13.8 Å². The number of nitrogens with zero attached hydrogens (tertiary/aromatic N) is 2. The number of hydrogen-bond donors (Lipinski definition) is 2. The molecule has 0 atom stereocenters. The van der Waals surface area contributed by atoms with Crippen molar-refractivity contribution in [1.82, 2.24) is 9.97 Å². The number of benzene rings is 1. The number of aryl methyl sites for hydroxylation is 1. The number of esters is 1. The molecule has 29 heavy (non-hydrogen) atoms. The Labute approximate surface area is 168 Å². The number of ether oxygens (including phenoxy) is 1. The van der Waals surface area contributed by atoms with Gasteiger partial charge in [0.15, 0.2) is 5.78 Å². The van der Waals surface area contributed by atoms with Crippen molar-refractivity contribution in [1.29, 1.82) is 5.41 Å². The van der Waals surface area contributed by atoms with Crippen LogP contribution in [0.25, 0.3) is 11.3 Å². The minimum atomic E-state index is -0.576. The zero-order valence-electron chi connectivity index (χ0n) is 16.3. The SMILES string of the molecule is COC(=O)c1cc(-c2cccc(C(C)=O)n2)cc(Nc2cccc(C)n2)c1C=N. The smallest absolute Gasteiger partial charge is 0.338 e. The van der Waals surface area contributed by atoms with Crippen LogP contribution in [-0.2, 0) is 4.74 Å². The normalized spacial score (nSPS) is 10.3. The summed E-state index contributed by atoms with van der Waals surface area (Å²) in [6.45, 7) is 3.32. The summed E-state index contributed by atoms with van der Waals surface area (Å²) in [6.07, 6.45) is 1.09. The standard InChI is InChI=1S/C22H20N4O3/c1-13-6-4-9-21(24-13)26-20-11-15(10-16(17(20)12-23)22(28)29-3)19-8-5-7-18(25-19)14(2)27/h4-12,23H,1-3H3,(H,24,26). The summed E-state index contributed by atoms with van der Waals surface area (Å²) in [5, 5.41) is 11.0. The lowest BCUT2D eigenvalue weighted by molar-refractivity contribution is 0.0600. The number of ketones is 1. The van der Waals surface area contributed by atoms with Crippen LogP contribution in [0.3, 0.4) is 0 Å². The largest absolute Gasteiger partial charge is 0.465 e. The molecule has 3 aromatic rings. The summed E-state index contributed by atoms with van der Waals surface area (Å²) >= 11 is 0. The number of hydrogen-bond acceptors (Lipinski definition) is 7. The van der Waals surface area contributed by atoms with Crippen LogP contribution in [0.2, 0.25) is 0 Å². The number of pyridine rings is 2. The van der Waals surface area contributed by atoms with Gasteiger partial charge in [-0.1, -0.05) is 12.1 Å². The minimum absolute atomic E-state index is 0.154.